The minimum Gasteiger partial charge on any atom is -0.481 e. The van der Waals surface area contributed by atoms with Gasteiger partial charge in [0.05, 0.1) is 6.10 Å². The summed E-state index contributed by atoms with van der Waals surface area (Å²) >= 11 is 0. The molecule has 1 aliphatic carbocycles. The van der Waals surface area contributed by atoms with Crippen molar-refractivity contribution < 1.29 is 33.7 Å². The first-order valence-electron chi connectivity index (χ1n) is 10.6. The molecule has 164 valence electrons. The van der Waals surface area contributed by atoms with E-state index in [2.05, 4.69) is 0 Å². The first-order chi connectivity index (χ1) is 13.1. The molecule has 1 rings (SSSR count). The molecule has 7 heteroatoms. The zero-order valence-electron chi connectivity index (χ0n) is 17.1. The van der Waals surface area contributed by atoms with Gasteiger partial charge in [-0.2, -0.15) is 0 Å². The third-order valence-corrected chi connectivity index (χ3v) is 6.07. The van der Waals surface area contributed by atoms with Gasteiger partial charge in [-0.05, 0) is 37.5 Å². The van der Waals surface area contributed by atoms with E-state index in [1.807, 2.05) is 6.92 Å². The van der Waals surface area contributed by atoms with Crippen molar-refractivity contribution in [1.29, 1.82) is 0 Å². The van der Waals surface area contributed by atoms with Crippen LogP contribution in [0.2, 0.25) is 0 Å². The van der Waals surface area contributed by atoms with Crippen molar-refractivity contribution in [3.05, 3.63) is 0 Å². The molecule has 0 aromatic heterocycles. The van der Waals surface area contributed by atoms with Crippen molar-refractivity contribution in [2.24, 2.45) is 17.8 Å². The van der Waals surface area contributed by atoms with Gasteiger partial charge in [0.2, 0.25) is 0 Å². The van der Waals surface area contributed by atoms with Gasteiger partial charge >= 0.3 is 5.97 Å². The number of halogens is 2. The van der Waals surface area contributed by atoms with Crippen LogP contribution >= 0.6 is 0 Å². The van der Waals surface area contributed by atoms with Gasteiger partial charge in [0, 0.05) is 25.2 Å². The molecule has 3 N–H and O–H groups in total. The number of carboxylic acid groups (broad SMARTS) is 1. The Morgan fingerprint density at radius 3 is 2.46 bits per heavy atom. The number of hydrogen-bond donors (Lipinski definition) is 3. The smallest absolute Gasteiger partial charge is 0.303 e. The first-order valence-corrected chi connectivity index (χ1v) is 10.6. The number of aliphatic hydroxyl groups is 2. The normalized spacial score (nSPS) is 25.1. The fourth-order valence-electron chi connectivity index (χ4n) is 4.08. The molecule has 1 aliphatic rings. The number of hydrogen-bond acceptors (Lipinski definition) is 4. The number of ketones is 1. The van der Waals surface area contributed by atoms with E-state index in [0.717, 1.165) is 19.3 Å². The van der Waals surface area contributed by atoms with Crippen LogP contribution in [0.4, 0.5) is 8.78 Å². The minimum atomic E-state index is -3.16. The minimum absolute atomic E-state index is 0.0381. The summed E-state index contributed by atoms with van der Waals surface area (Å²) in [7, 11) is 0. The number of carbonyl (C=O) groups is 2. The van der Waals surface area contributed by atoms with Crippen LogP contribution in [0.1, 0.15) is 84.5 Å². The van der Waals surface area contributed by atoms with Gasteiger partial charge < -0.3 is 15.3 Å². The maximum absolute atomic E-state index is 14.2. The van der Waals surface area contributed by atoms with Crippen LogP contribution in [0.3, 0.4) is 0 Å². The third-order valence-electron chi connectivity index (χ3n) is 6.07. The van der Waals surface area contributed by atoms with Crippen molar-refractivity contribution in [2.45, 2.75) is 103 Å². The van der Waals surface area contributed by atoms with Gasteiger partial charge in [-0.15, -0.1) is 0 Å². The molecule has 0 bridgehead atoms. The van der Waals surface area contributed by atoms with Gasteiger partial charge in [-0.3, -0.25) is 9.59 Å². The number of carbonyl (C=O) groups excluding carboxylic acids is 1. The highest BCUT2D eigenvalue weighted by Gasteiger charge is 2.43. The molecule has 5 nitrogen and oxygen atoms in total. The summed E-state index contributed by atoms with van der Waals surface area (Å²) in [6, 6.07) is 0. The quantitative estimate of drug-likeness (QED) is 0.376. The fourth-order valence-corrected chi connectivity index (χ4v) is 4.08. The molecular weight excluding hydrogens is 370 g/mol. The standard InChI is InChI=1S/C21H36F2O5/c1-3-14(2)13-21(22,23)19(26)11-10-16-15(17(24)12-18(16)25)8-6-4-5-7-9-20(27)28/h14-16,18-19,25-26H,3-13H2,1-2H3,(H,27,28)/t14?,15-,16-,18-,19-/m1/s1. The van der Waals surface area contributed by atoms with Crippen LogP contribution in [0.5, 0.6) is 0 Å². The maximum Gasteiger partial charge on any atom is 0.303 e. The Hall–Kier alpha value is -1.08. The van der Waals surface area contributed by atoms with Crippen molar-refractivity contribution in [3.63, 3.8) is 0 Å². The lowest BCUT2D eigenvalue weighted by atomic mass is 9.84. The molecule has 0 saturated heterocycles. The van der Waals surface area contributed by atoms with Gasteiger partial charge in [-0.1, -0.05) is 39.5 Å². The Balaban J connectivity index is 2.48. The number of aliphatic carboxylic acids is 1. The van der Waals surface area contributed by atoms with Crippen molar-refractivity contribution in [3.8, 4) is 0 Å². The second kappa shape index (κ2) is 11.8. The molecule has 5 atom stereocenters. The summed E-state index contributed by atoms with van der Waals surface area (Å²) in [4.78, 5) is 22.7. The number of rotatable bonds is 14. The molecule has 0 spiro atoms. The van der Waals surface area contributed by atoms with E-state index in [0.29, 0.717) is 19.3 Å². The van der Waals surface area contributed by atoms with Gasteiger partial charge in [0.15, 0.2) is 0 Å². The van der Waals surface area contributed by atoms with Crippen LogP contribution in [-0.2, 0) is 9.59 Å². The van der Waals surface area contributed by atoms with E-state index in [1.165, 1.54) is 0 Å². The monoisotopic (exact) mass is 406 g/mol. The van der Waals surface area contributed by atoms with Crippen molar-refractivity contribution >= 4 is 11.8 Å². The van der Waals surface area contributed by atoms with Crippen LogP contribution < -0.4 is 0 Å². The zero-order chi connectivity index (χ0) is 21.3. The summed E-state index contributed by atoms with van der Waals surface area (Å²) in [5.74, 6) is -4.95. The Labute approximate surface area is 166 Å². The third kappa shape index (κ3) is 8.11. The summed E-state index contributed by atoms with van der Waals surface area (Å²) in [6.07, 6.45) is 1.39. The molecule has 1 fully saturated rings. The van der Waals surface area contributed by atoms with E-state index in [-0.39, 0.29) is 55.6 Å². The van der Waals surface area contributed by atoms with Crippen LogP contribution in [-0.4, -0.2) is 45.2 Å². The Morgan fingerprint density at radius 1 is 1.21 bits per heavy atom. The predicted octanol–water partition coefficient (Wildman–Crippen LogP) is 4.19. The molecule has 0 aromatic carbocycles. The topological polar surface area (TPSA) is 94.8 Å². The van der Waals surface area contributed by atoms with Gasteiger partial charge in [0.25, 0.3) is 5.92 Å². The van der Waals surface area contributed by atoms with Crippen LogP contribution in [0.25, 0.3) is 0 Å². The molecular formula is C21H36F2O5. The maximum atomic E-state index is 14.2. The number of alkyl halides is 2. The average Bonchev–Trinajstić information content (AvgIpc) is 2.87. The number of aliphatic hydroxyl groups excluding tert-OH is 2. The molecule has 0 radical (unpaired) electrons. The second-order valence-electron chi connectivity index (χ2n) is 8.43. The second-order valence-corrected chi connectivity index (χ2v) is 8.43. The molecule has 1 saturated carbocycles. The highest BCUT2D eigenvalue weighted by atomic mass is 19.3. The molecule has 0 aromatic rings. The van der Waals surface area contributed by atoms with Gasteiger partial charge in [0.1, 0.15) is 11.9 Å². The number of unbranched alkanes of at least 4 members (excludes halogenated alkanes) is 3. The summed E-state index contributed by atoms with van der Waals surface area (Å²) in [5, 5.41) is 28.8. The van der Waals surface area contributed by atoms with Crippen LogP contribution in [0, 0.1) is 17.8 Å². The van der Waals surface area contributed by atoms with E-state index in [9.17, 15) is 28.6 Å². The lowest BCUT2D eigenvalue weighted by molar-refractivity contribution is -0.137. The lowest BCUT2D eigenvalue weighted by Gasteiger charge is -2.27. The Kier molecular flexibility index (Phi) is 10.5. The van der Waals surface area contributed by atoms with E-state index in [1.54, 1.807) is 6.92 Å². The fraction of sp³-hybridized carbons (Fsp3) is 0.905. The summed E-state index contributed by atoms with van der Waals surface area (Å²) in [6.45, 7) is 3.56. The Morgan fingerprint density at radius 2 is 1.86 bits per heavy atom. The predicted molar refractivity (Wildman–Crippen MR) is 102 cm³/mol. The molecule has 28 heavy (non-hydrogen) atoms. The number of Topliss-reactive ketones (excluding diaryl/α,β-unsaturated/α-hetero) is 1. The van der Waals surface area contributed by atoms with Gasteiger partial charge in [-0.25, -0.2) is 8.78 Å². The summed E-state index contributed by atoms with van der Waals surface area (Å²) < 4.78 is 28.3. The van der Waals surface area contributed by atoms with E-state index >= 15 is 0 Å². The molecule has 0 heterocycles. The molecule has 0 aliphatic heterocycles. The largest absolute Gasteiger partial charge is 0.481 e. The molecule has 1 unspecified atom stereocenters. The zero-order valence-corrected chi connectivity index (χ0v) is 17.1. The van der Waals surface area contributed by atoms with Crippen molar-refractivity contribution in [1.82, 2.24) is 0 Å². The number of carboxylic acids is 1. The SMILES string of the molecule is CCC(C)CC(F)(F)[C@H](O)CC[C@H]1[C@H](O)CC(=O)[C@@H]1CCCCCCC(=O)O. The van der Waals surface area contributed by atoms with E-state index in [4.69, 9.17) is 5.11 Å². The average molecular weight is 407 g/mol. The Bertz CT molecular complexity index is 497. The van der Waals surface area contributed by atoms with Crippen molar-refractivity contribution in [2.75, 3.05) is 0 Å². The highest BCUT2D eigenvalue weighted by molar-refractivity contribution is 5.84. The highest BCUT2D eigenvalue weighted by Crippen LogP contribution is 2.38. The summed E-state index contributed by atoms with van der Waals surface area (Å²) in [5.41, 5.74) is 0. The lowest BCUT2D eigenvalue weighted by Crippen LogP contribution is -2.36. The molecule has 0 amide bonds. The van der Waals surface area contributed by atoms with E-state index < -0.39 is 24.1 Å². The first kappa shape index (κ1) is 25.0. The van der Waals surface area contributed by atoms with Crippen LogP contribution in [0.15, 0.2) is 0 Å².